The molecule has 104 valence electrons. The Morgan fingerprint density at radius 3 is 2.53 bits per heavy atom. The van der Waals surface area contributed by atoms with Gasteiger partial charge in [-0.05, 0) is 44.0 Å². The number of aliphatic hydroxyl groups excluding tert-OH is 1. The maximum absolute atomic E-state index is 12.1. The summed E-state index contributed by atoms with van der Waals surface area (Å²) in [4.78, 5) is 14.2. The van der Waals surface area contributed by atoms with Crippen molar-refractivity contribution in [1.82, 2.24) is 4.90 Å². The number of rotatable bonds is 3. The van der Waals surface area contributed by atoms with Crippen molar-refractivity contribution in [2.45, 2.75) is 31.9 Å². The van der Waals surface area contributed by atoms with E-state index in [1.165, 1.54) is 0 Å². The van der Waals surface area contributed by atoms with Crippen LogP contribution in [0.25, 0.3) is 0 Å². The van der Waals surface area contributed by atoms with Gasteiger partial charge in [0.1, 0.15) is 0 Å². The summed E-state index contributed by atoms with van der Waals surface area (Å²) in [5, 5.41) is 13.0. The van der Waals surface area contributed by atoms with E-state index < -0.39 is 0 Å². The predicted molar refractivity (Wildman–Crippen MR) is 76.4 cm³/mol. The molecule has 19 heavy (non-hydrogen) atoms. The first-order chi connectivity index (χ1) is 9.06. The molecule has 2 N–H and O–H groups in total. The van der Waals surface area contributed by atoms with Gasteiger partial charge in [-0.3, -0.25) is 9.69 Å². The molecule has 1 atom stereocenters. The van der Waals surface area contributed by atoms with Gasteiger partial charge in [0.2, 0.25) is 5.91 Å². The lowest BCUT2D eigenvalue weighted by molar-refractivity contribution is -0.121. The van der Waals surface area contributed by atoms with Gasteiger partial charge in [0.15, 0.2) is 0 Å². The second-order valence-corrected chi connectivity index (χ2v) is 5.38. The van der Waals surface area contributed by atoms with E-state index in [4.69, 9.17) is 11.6 Å². The smallest absolute Gasteiger partial charge is 0.241 e. The van der Waals surface area contributed by atoms with Crippen LogP contribution in [0.1, 0.15) is 19.8 Å². The molecule has 1 aliphatic rings. The number of anilines is 1. The molecule has 1 saturated heterocycles. The van der Waals surface area contributed by atoms with Gasteiger partial charge in [0.05, 0.1) is 12.1 Å². The first-order valence-corrected chi connectivity index (χ1v) is 6.92. The Morgan fingerprint density at radius 1 is 1.37 bits per heavy atom. The lowest BCUT2D eigenvalue weighted by atomic mass is 10.1. The molecule has 4 nitrogen and oxygen atoms in total. The van der Waals surface area contributed by atoms with Crippen molar-refractivity contribution in [3.05, 3.63) is 29.3 Å². The van der Waals surface area contributed by atoms with Crippen molar-refractivity contribution in [2.75, 3.05) is 18.4 Å². The van der Waals surface area contributed by atoms with Crippen LogP contribution >= 0.6 is 11.6 Å². The molecule has 0 unspecified atom stereocenters. The fourth-order valence-corrected chi connectivity index (χ4v) is 2.34. The summed E-state index contributed by atoms with van der Waals surface area (Å²) < 4.78 is 0. The van der Waals surface area contributed by atoms with Crippen LogP contribution in [0, 0.1) is 0 Å². The van der Waals surface area contributed by atoms with E-state index in [-0.39, 0.29) is 18.1 Å². The molecule has 0 bridgehead atoms. The van der Waals surface area contributed by atoms with Gasteiger partial charge < -0.3 is 10.4 Å². The molecule has 0 saturated carbocycles. The van der Waals surface area contributed by atoms with E-state index >= 15 is 0 Å². The van der Waals surface area contributed by atoms with E-state index in [1.54, 1.807) is 24.3 Å². The standard InChI is InChI=1S/C14H19ClN2O2/c1-10(17-8-6-13(18)7-9-17)14(19)16-12-4-2-11(15)3-5-12/h2-5,10,13,18H,6-9H2,1H3,(H,16,19)/t10-/m0/s1. The van der Waals surface area contributed by atoms with Crippen molar-refractivity contribution in [3.63, 3.8) is 0 Å². The Bertz CT molecular complexity index is 428. The quantitative estimate of drug-likeness (QED) is 0.893. The summed E-state index contributed by atoms with van der Waals surface area (Å²) in [6, 6.07) is 6.88. The first kappa shape index (κ1) is 14.3. The molecular weight excluding hydrogens is 264 g/mol. The number of nitrogens with zero attached hydrogens (tertiary/aromatic N) is 1. The number of amides is 1. The largest absolute Gasteiger partial charge is 0.393 e. The third-order valence-electron chi connectivity index (χ3n) is 3.54. The van der Waals surface area contributed by atoms with Crippen LogP contribution in [0.4, 0.5) is 5.69 Å². The average Bonchev–Trinajstić information content (AvgIpc) is 2.41. The first-order valence-electron chi connectivity index (χ1n) is 6.55. The monoisotopic (exact) mass is 282 g/mol. The molecule has 0 spiro atoms. The molecule has 0 aliphatic carbocycles. The van der Waals surface area contributed by atoms with E-state index in [1.807, 2.05) is 6.92 Å². The van der Waals surface area contributed by atoms with E-state index in [0.29, 0.717) is 5.02 Å². The molecule has 2 rings (SSSR count). The summed E-state index contributed by atoms with van der Waals surface area (Å²) in [6.07, 6.45) is 1.25. The number of piperidine rings is 1. The van der Waals surface area contributed by atoms with Crippen LogP contribution in [-0.4, -0.2) is 41.1 Å². The average molecular weight is 283 g/mol. The Hall–Kier alpha value is -1.10. The number of aliphatic hydroxyl groups is 1. The zero-order chi connectivity index (χ0) is 13.8. The summed E-state index contributed by atoms with van der Waals surface area (Å²) in [5.41, 5.74) is 0.748. The Labute approximate surface area is 118 Å². The minimum atomic E-state index is -0.220. The third kappa shape index (κ3) is 3.93. The van der Waals surface area contributed by atoms with Gasteiger partial charge in [0, 0.05) is 23.8 Å². The molecule has 5 heteroatoms. The number of carbonyl (C=O) groups is 1. The Morgan fingerprint density at radius 2 is 1.95 bits per heavy atom. The summed E-state index contributed by atoms with van der Waals surface area (Å²) in [7, 11) is 0. The van der Waals surface area contributed by atoms with Crippen LogP contribution in [0.2, 0.25) is 5.02 Å². The highest BCUT2D eigenvalue weighted by Crippen LogP contribution is 2.16. The molecular formula is C14H19ClN2O2. The topological polar surface area (TPSA) is 52.6 Å². The summed E-state index contributed by atoms with van der Waals surface area (Å²) >= 11 is 5.80. The minimum Gasteiger partial charge on any atom is -0.393 e. The fourth-order valence-electron chi connectivity index (χ4n) is 2.22. The van der Waals surface area contributed by atoms with Gasteiger partial charge in [-0.25, -0.2) is 0 Å². The number of hydrogen-bond acceptors (Lipinski definition) is 3. The Balaban J connectivity index is 1.90. The van der Waals surface area contributed by atoms with Crippen LogP contribution < -0.4 is 5.32 Å². The molecule has 1 aromatic carbocycles. The summed E-state index contributed by atoms with van der Waals surface area (Å²) in [5.74, 6) is -0.0290. The van der Waals surface area contributed by atoms with Crippen LogP contribution in [0.15, 0.2) is 24.3 Å². The van der Waals surface area contributed by atoms with Crippen LogP contribution in [-0.2, 0) is 4.79 Å². The highest BCUT2D eigenvalue weighted by molar-refractivity contribution is 6.30. The minimum absolute atomic E-state index is 0.0290. The number of halogens is 1. The third-order valence-corrected chi connectivity index (χ3v) is 3.79. The second kappa shape index (κ2) is 6.37. The molecule has 1 aliphatic heterocycles. The molecule has 1 amide bonds. The molecule has 1 aromatic rings. The number of benzene rings is 1. The number of likely N-dealkylation sites (tertiary alicyclic amines) is 1. The molecule has 1 heterocycles. The van der Waals surface area contributed by atoms with Crippen LogP contribution in [0.3, 0.4) is 0 Å². The lowest BCUT2D eigenvalue weighted by Gasteiger charge is -2.33. The highest BCUT2D eigenvalue weighted by Gasteiger charge is 2.25. The lowest BCUT2D eigenvalue weighted by Crippen LogP contribution is -2.47. The van der Waals surface area contributed by atoms with Crippen LogP contribution in [0.5, 0.6) is 0 Å². The SMILES string of the molecule is C[C@@H](C(=O)Nc1ccc(Cl)cc1)N1CCC(O)CC1. The normalized spacial score (nSPS) is 19.1. The Kier molecular flexibility index (Phi) is 4.80. The zero-order valence-electron chi connectivity index (χ0n) is 11.0. The van der Waals surface area contributed by atoms with Gasteiger partial charge in [-0.1, -0.05) is 11.6 Å². The van der Waals surface area contributed by atoms with Gasteiger partial charge >= 0.3 is 0 Å². The molecule has 0 radical (unpaired) electrons. The van der Waals surface area contributed by atoms with Crippen molar-refractivity contribution in [3.8, 4) is 0 Å². The molecule has 0 aromatic heterocycles. The van der Waals surface area contributed by atoms with Crippen molar-refractivity contribution in [1.29, 1.82) is 0 Å². The maximum Gasteiger partial charge on any atom is 0.241 e. The van der Waals surface area contributed by atoms with Crippen molar-refractivity contribution in [2.24, 2.45) is 0 Å². The maximum atomic E-state index is 12.1. The van der Waals surface area contributed by atoms with E-state index in [9.17, 15) is 9.90 Å². The van der Waals surface area contributed by atoms with Crippen molar-refractivity contribution < 1.29 is 9.90 Å². The fraction of sp³-hybridized carbons (Fsp3) is 0.500. The number of hydrogen-bond donors (Lipinski definition) is 2. The van der Waals surface area contributed by atoms with Gasteiger partial charge in [-0.15, -0.1) is 0 Å². The molecule has 1 fully saturated rings. The summed E-state index contributed by atoms with van der Waals surface area (Å²) in [6.45, 7) is 3.41. The number of nitrogens with one attached hydrogen (secondary N) is 1. The van der Waals surface area contributed by atoms with E-state index in [0.717, 1.165) is 31.6 Å². The van der Waals surface area contributed by atoms with E-state index in [2.05, 4.69) is 10.2 Å². The zero-order valence-corrected chi connectivity index (χ0v) is 11.7. The van der Waals surface area contributed by atoms with Gasteiger partial charge in [-0.2, -0.15) is 0 Å². The van der Waals surface area contributed by atoms with Crippen molar-refractivity contribution >= 4 is 23.2 Å². The predicted octanol–water partition coefficient (Wildman–Crippen LogP) is 2.12. The van der Waals surface area contributed by atoms with Gasteiger partial charge in [0.25, 0.3) is 0 Å². The highest BCUT2D eigenvalue weighted by atomic mass is 35.5. The number of carbonyl (C=O) groups excluding carboxylic acids is 1. The second-order valence-electron chi connectivity index (χ2n) is 4.94.